The van der Waals surface area contributed by atoms with Crippen molar-refractivity contribution in [3.05, 3.63) is 99.5 Å². The van der Waals surface area contributed by atoms with Gasteiger partial charge in [0, 0.05) is 32.3 Å². The number of carboxylic acid groups (broad SMARTS) is 1. The molecule has 0 radical (unpaired) electrons. The normalized spacial score (nSPS) is 15.5. The van der Waals surface area contributed by atoms with E-state index < -0.39 is 34.7 Å². The van der Waals surface area contributed by atoms with Crippen molar-refractivity contribution < 1.29 is 24.5 Å². The highest BCUT2D eigenvalue weighted by molar-refractivity contribution is 5.97. The van der Waals surface area contributed by atoms with Crippen LogP contribution in [0.3, 0.4) is 0 Å². The topological polar surface area (TPSA) is 109 Å². The summed E-state index contributed by atoms with van der Waals surface area (Å²) in [7, 11) is 1.53. The van der Waals surface area contributed by atoms with Gasteiger partial charge < -0.3 is 24.4 Å². The van der Waals surface area contributed by atoms with E-state index in [-0.39, 0.29) is 31.3 Å². The molecule has 2 N–H and O–H groups in total. The van der Waals surface area contributed by atoms with Crippen LogP contribution in [0.15, 0.2) is 71.7 Å². The monoisotopic (exact) mass is 448 g/mol. The number of carboxylic acids is 1. The number of hydrogen-bond donors (Lipinski definition) is 2. The smallest absolute Gasteiger partial charge is 0.341 e. The quantitative estimate of drug-likeness (QED) is 0.575. The Morgan fingerprint density at radius 2 is 1.64 bits per heavy atom. The van der Waals surface area contributed by atoms with Gasteiger partial charge in [0.25, 0.3) is 5.91 Å². The zero-order chi connectivity index (χ0) is 23.5. The minimum absolute atomic E-state index is 0.214. The number of aromatic hydroxyl groups is 1. The molecule has 33 heavy (non-hydrogen) atoms. The van der Waals surface area contributed by atoms with Gasteiger partial charge in [-0.3, -0.25) is 9.59 Å². The molecule has 1 atom stereocenters. The number of benzene rings is 2. The van der Waals surface area contributed by atoms with Gasteiger partial charge in [-0.15, -0.1) is 0 Å². The molecule has 2 heterocycles. The number of amides is 1. The lowest BCUT2D eigenvalue weighted by Crippen LogP contribution is -2.47. The number of pyridine rings is 1. The highest BCUT2D eigenvalue weighted by atomic mass is 16.5. The summed E-state index contributed by atoms with van der Waals surface area (Å²) in [5, 5.41) is 20.2. The van der Waals surface area contributed by atoms with Gasteiger partial charge in [-0.1, -0.05) is 60.7 Å². The van der Waals surface area contributed by atoms with Crippen molar-refractivity contribution in [1.29, 1.82) is 0 Å². The first-order valence-electron chi connectivity index (χ1n) is 10.5. The van der Waals surface area contributed by atoms with E-state index in [0.29, 0.717) is 0 Å². The molecule has 0 fully saturated rings. The zero-order valence-corrected chi connectivity index (χ0v) is 18.0. The molecule has 0 saturated heterocycles. The van der Waals surface area contributed by atoms with Gasteiger partial charge >= 0.3 is 5.97 Å². The van der Waals surface area contributed by atoms with Crippen LogP contribution in [-0.4, -0.2) is 58.4 Å². The molecule has 2 aromatic carbocycles. The second-order valence-corrected chi connectivity index (χ2v) is 7.89. The average molecular weight is 448 g/mol. The Kier molecular flexibility index (Phi) is 6.28. The van der Waals surface area contributed by atoms with Crippen LogP contribution in [0.2, 0.25) is 0 Å². The van der Waals surface area contributed by atoms with Crippen LogP contribution in [0.1, 0.15) is 43.9 Å². The van der Waals surface area contributed by atoms with Crippen molar-refractivity contribution in [2.75, 3.05) is 26.8 Å². The molecule has 1 aliphatic heterocycles. The first-order valence-corrected chi connectivity index (χ1v) is 10.5. The van der Waals surface area contributed by atoms with Crippen molar-refractivity contribution in [2.45, 2.75) is 12.0 Å². The fourth-order valence-electron chi connectivity index (χ4n) is 4.41. The predicted molar refractivity (Wildman–Crippen MR) is 121 cm³/mol. The summed E-state index contributed by atoms with van der Waals surface area (Å²) >= 11 is 0. The Hall–Kier alpha value is -3.91. The van der Waals surface area contributed by atoms with Crippen LogP contribution in [0.5, 0.6) is 5.75 Å². The number of aromatic carboxylic acids is 1. The summed E-state index contributed by atoms with van der Waals surface area (Å²) in [5.74, 6) is -3.15. The Bertz CT molecular complexity index is 1180. The first-order chi connectivity index (χ1) is 15.9. The molecule has 1 amide bonds. The summed E-state index contributed by atoms with van der Waals surface area (Å²) < 4.78 is 6.60. The maximum atomic E-state index is 13.2. The summed E-state index contributed by atoms with van der Waals surface area (Å²) in [5.41, 5.74) is 0.0328. The highest BCUT2D eigenvalue weighted by Gasteiger charge is 2.39. The molecule has 0 bridgehead atoms. The maximum Gasteiger partial charge on any atom is 0.341 e. The largest absolute Gasteiger partial charge is 0.503 e. The van der Waals surface area contributed by atoms with Crippen LogP contribution in [0.4, 0.5) is 0 Å². The lowest BCUT2D eigenvalue weighted by atomic mass is 9.83. The lowest BCUT2D eigenvalue weighted by molar-refractivity contribution is 0.0576. The Morgan fingerprint density at radius 1 is 1.06 bits per heavy atom. The number of fused-ring (bicyclic) bond motifs is 1. The molecular weight excluding hydrogens is 424 g/mol. The van der Waals surface area contributed by atoms with Gasteiger partial charge in [0.05, 0.1) is 12.6 Å². The van der Waals surface area contributed by atoms with E-state index in [1.807, 2.05) is 60.7 Å². The molecule has 0 unspecified atom stereocenters. The number of rotatable bonds is 7. The van der Waals surface area contributed by atoms with Gasteiger partial charge in [-0.05, 0) is 11.1 Å². The second kappa shape index (κ2) is 9.30. The molecule has 1 aliphatic rings. The molecule has 3 aromatic rings. The second-order valence-electron chi connectivity index (χ2n) is 7.89. The molecule has 170 valence electrons. The van der Waals surface area contributed by atoms with Gasteiger partial charge in [0.1, 0.15) is 5.56 Å². The molecule has 0 spiro atoms. The van der Waals surface area contributed by atoms with E-state index in [0.717, 1.165) is 11.1 Å². The molecule has 8 nitrogen and oxygen atoms in total. The summed E-state index contributed by atoms with van der Waals surface area (Å²) in [6.07, 6.45) is 1.18. The molecule has 0 saturated carbocycles. The Labute approximate surface area is 190 Å². The minimum Gasteiger partial charge on any atom is -0.503 e. The van der Waals surface area contributed by atoms with Gasteiger partial charge in [-0.25, -0.2) is 4.79 Å². The predicted octanol–water partition coefficient (Wildman–Crippen LogP) is 2.73. The third-order valence-corrected chi connectivity index (χ3v) is 5.96. The maximum absolute atomic E-state index is 13.2. The summed E-state index contributed by atoms with van der Waals surface area (Å²) in [4.78, 5) is 39.0. The number of carbonyl (C=O) groups is 2. The standard InChI is InChI=1S/C25H24N2O6/c1-33-13-12-26-15-19(20(16-8-4-2-5-9-16)17-10-6-3-7-11-17)27-14-18(25(31)32)22(28)23(29)21(27)24(26)30/h2-11,14,19-20,29H,12-13,15H2,1H3,(H,31,32)/t19-/m0/s1. The van der Waals surface area contributed by atoms with E-state index in [9.17, 15) is 24.6 Å². The average Bonchev–Trinajstić information content (AvgIpc) is 2.83. The molecule has 0 aliphatic carbocycles. The van der Waals surface area contributed by atoms with E-state index in [4.69, 9.17) is 4.74 Å². The third kappa shape index (κ3) is 4.12. The fourth-order valence-corrected chi connectivity index (χ4v) is 4.41. The van der Waals surface area contributed by atoms with Crippen LogP contribution in [-0.2, 0) is 4.74 Å². The van der Waals surface area contributed by atoms with Crippen LogP contribution in [0, 0.1) is 0 Å². The number of methoxy groups -OCH3 is 1. The molecule has 8 heteroatoms. The SMILES string of the molecule is COCCN1C[C@@H](C(c2ccccc2)c2ccccc2)n2cc(C(=O)O)c(=O)c(O)c2C1=O. The van der Waals surface area contributed by atoms with E-state index in [1.165, 1.54) is 22.8 Å². The summed E-state index contributed by atoms with van der Waals surface area (Å²) in [6, 6.07) is 18.8. The number of hydrogen-bond acceptors (Lipinski definition) is 5. The fraction of sp³-hybridized carbons (Fsp3) is 0.240. The van der Waals surface area contributed by atoms with E-state index in [1.54, 1.807) is 0 Å². The van der Waals surface area contributed by atoms with Crippen molar-refractivity contribution in [2.24, 2.45) is 0 Å². The van der Waals surface area contributed by atoms with E-state index >= 15 is 0 Å². The van der Waals surface area contributed by atoms with Crippen molar-refractivity contribution >= 4 is 11.9 Å². The Balaban J connectivity index is 1.97. The zero-order valence-electron chi connectivity index (χ0n) is 18.0. The van der Waals surface area contributed by atoms with E-state index in [2.05, 4.69) is 0 Å². The number of nitrogens with zero attached hydrogens (tertiary/aromatic N) is 2. The highest BCUT2D eigenvalue weighted by Crippen LogP contribution is 2.40. The van der Waals surface area contributed by atoms with Crippen LogP contribution < -0.4 is 5.43 Å². The Morgan fingerprint density at radius 3 is 2.15 bits per heavy atom. The number of carbonyl (C=O) groups excluding carboxylic acids is 1. The number of ether oxygens (including phenoxy) is 1. The minimum atomic E-state index is -1.46. The third-order valence-electron chi connectivity index (χ3n) is 5.96. The van der Waals surface area contributed by atoms with Crippen molar-refractivity contribution in [3.63, 3.8) is 0 Å². The lowest BCUT2D eigenvalue weighted by Gasteiger charge is -2.40. The van der Waals surface area contributed by atoms with Crippen LogP contribution >= 0.6 is 0 Å². The van der Waals surface area contributed by atoms with Gasteiger partial charge in [0.15, 0.2) is 11.4 Å². The summed E-state index contributed by atoms with van der Waals surface area (Å²) in [6.45, 7) is 0.777. The molecule has 1 aromatic heterocycles. The van der Waals surface area contributed by atoms with Gasteiger partial charge in [-0.2, -0.15) is 0 Å². The molecular formula is C25H24N2O6. The van der Waals surface area contributed by atoms with Crippen molar-refractivity contribution in [1.82, 2.24) is 9.47 Å². The van der Waals surface area contributed by atoms with Crippen molar-refractivity contribution in [3.8, 4) is 5.75 Å². The first kappa shape index (κ1) is 22.3. The van der Waals surface area contributed by atoms with Gasteiger partial charge in [0.2, 0.25) is 5.43 Å². The number of aromatic nitrogens is 1. The van der Waals surface area contributed by atoms with Crippen LogP contribution in [0.25, 0.3) is 0 Å². The molecule has 4 rings (SSSR count).